The van der Waals surface area contributed by atoms with Gasteiger partial charge < -0.3 is 4.43 Å². The Hall–Kier alpha value is 1.53. The van der Waals surface area contributed by atoms with Crippen LogP contribution in [-0.2, 0) is 4.43 Å². The Morgan fingerprint density at radius 3 is 1.18 bits per heavy atom. The minimum Gasteiger partial charge on any atom is -0.423 e. The van der Waals surface area contributed by atoms with Crippen molar-refractivity contribution in [2.75, 3.05) is 12.5 Å². The lowest BCUT2D eigenvalue weighted by molar-refractivity contribution is 0.209. The van der Waals surface area contributed by atoms with Gasteiger partial charge in [0, 0.05) is 6.10 Å². The highest BCUT2D eigenvalue weighted by molar-refractivity contribution is 8.17. The molecule has 0 bridgehead atoms. The molecule has 198 valence electrons. The zero-order valence-corrected chi connectivity index (χ0v) is 31.4. The Balaban J connectivity index is 4.05. The molecule has 2 atom stereocenters. The van der Waals surface area contributed by atoms with Crippen molar-refractivity contribution in [3.63, 3.8) is 0 Å². The van der Waals surface area contributed by atoms with Crippen LogP contribution in [0, 0.1) is 5.92 Å². The Morgan fingerprint density at radius 2 is 0.970 bits per heavy atom. The van der Waals surface area contributed by atoms with E-state index in [1.807, 2.05) is 0 Å². The van der Waals surface area contributed by atoms with Crippen LogP contribution in [-0.4, -0.2) is 52.3 Å². The minimum absolute atomic E-state index is 0.319. The predicted molar refractivity (Wildman–Crippen MR) is 170 cm³/mol. The van der Waals surface area contributed by atoms with Gasteiger partial charge in [0.2, 0.25) is 0 Å². The summed E-state index contributed by atoms with van der Waals surface area (Å²) in [5.41, 5.74) is 0. The molecule has 0 amide bonds. The first-order valence-corrected chi connectivity index (χ1v) is 29.5. The molecule has 0 saturated heterocycles. The Kier molecular flexibility index (Phi) is 9.55. The topological polar surface area (TPSA) is 9.23 Å². The highest BCUT2D eigenvalue weighted by atomic mass is 32.2. The second-order valence-corrected chi connectivity index (χ2v) is 56.1. The van der Waals surface area contributed by atoms with Gasteiger partial charge in [-0.05, 0) is 46.4 Å². The van der Waals surface area contributed by atoms with Gasteiger partial charge >= 0.3 is 0 Å². The molecule has 0 aromatic heterocycles. The predicted octanol–water partition coefficient (Wildman–Crippen LogP) is 9.93. The van der Waals surface area contributed by atoms with E-state index < -0.39 is 29.6 Å². The van der Waals surface area contributed by atoms with Crippen molar-refractivity contribution in [3.8, 4) is 0 Å². The van der Waals surface area contributed by atoms with Crippen molar-refractivity contribution in [2.24, 2.45) is 5.92 Å². The van der Waals surface area contributed by atoms with Crippen molar-refractivity contribution in [1.82, 2.24) is 0 Å². The molecule has 1 saturated carbocycles. The van der Waals surface area contributed by atoms with Gasteiger partial charge in [0.15, 0.2) is 6.87 Å². The van der Waals surface area contributed by atoms with Crippen LogP contribution in [0.4, 0.5) is 0 Å². The molecule has 1 aliphatic carbocycles. The fraction of sp³-hybridized carbons (Fsp3) is 1.00. The lowest BCUT2D eigenvalue weighted by atomic mass is 10.1. The van der Waals surface area contributed by atoms with Crippen LogP contribution in [0.2, 0.25) is 54.4 Å². The maximum Gasteiger partial charge on any atom is 0.160 e. The molecule has 0 N–H and O–H groups in total. The summed E-state index contributed by atoms with van der Waals surface area (Å²) in [6.45, 7) is 40.0. The highest BCUT2D eigenvalue weighted by Crippen LogP contribution is 2.61. The van der Waals surface area contributed by atoms with Crippen LogP contribution >= 0.6 is 23.5 Å². The summed E-state index contributed by atoms with van der Waals surface area (Å²) < 4.78 is 8.52. The highest BCUT2D eigenvalue weighted by Gasteiger charge is 2.76. The van der Waals surface area contributed by atoms with Gasteiger partial charge in [-0.25, -0.2) is 0 Å². The molecule has 0 aromatic rings. The number of hydrogen-bond acceptors (Lipinski definition) is 3. The van der Waals surface area contributed by atoms with E-state index in [0.29, 0.717) is 31.2 Å². The Labute approximate surface area is 221 Å². The van der Waals surface area contributed by atoms with Crippen molar-refractivity contribution >= 4 is 53.2 Å². The molecular formula is C26H60OS2Si4. The average molecular weight is 565 g/mol. The summed E-state index contributed by atoms with van der Waals surface area (Å²) in [7, 11) is -5.41. The molecular weight excluding hydrogens is 505 g/mol. The first kappa shape index (κ1) is 32.6. The van der Waals surface area contributed by atoms with Gasteiger partial charge in [-0.1, -0.05) is 109 Å². The molecule has 0 heterocycles. The monoisotopic (exact) mass is 564 g/mol. The van der Waals surface area contributed by atoms with E-state index in [4.69, 9.17) is 4.43 Å². The zero-order chi connectivity index (χ0) is 26.7. The van der Waals surface area contributed by atoms with Crippen LogP contribution in [0.1, 0.15) is 82.1 Å². The second kappa shape index (κ2) is 9.68. The van der Waals surface area contributed by atoms with E-state index in [1.165, 1.54) is 12.8 Å². The van der Waals surface area contributed by atoms with Crippen molar-refractivity contribution in [3.05, 3.63) is 0 Å². The molecule has 0 spiro atoms. The van der Waals surface area contributed by atoms with E-state index in [2.05, 4.69) is 145 Å². The molecule has 1 aliphatic rings. The normalized spacial score (nSPS) is 23.8. The lowest BCUT2D eigenvalue weighted by Crippen LogP contribution is -2.91. The summed E-state index contributed by atoms with van der Waals surface area (Å²) in [6, 6.07) is 0. The first-order valence-electron chi connectivity index (χ1n) is 13.1. The molecule has 0 aromatic carbocycles. The quantitative estimate of drug-likeness (QED) is 0.225. The third kappa shape index (κ3) is 5.01. The van der Waals surface area contributed by atoms with Gasteiger partial charge in [-0.15, -0.1) is 23.5 Å². The van der Waals surface area contributed by atoms with Crippen LogP contribution < -0.4 is 0 Å². The van der Waals surface area contributed by atoms with E-state index >= 15 is 0 Å². The Bertz CT molecular complexity index is 615. The van der Waals surface area contributed by atoms with Gasteiger partial charge in [-0.3, -0.25) is 0 Å². The molecule has 7 heteroatoms. The fourth-order valence-electron chi connectivity index (χ4n) is 6.54. The maximum absolute atomic E-state index is 8.20. The largest absolute Gasteiger partial charge is 0.423 e. The van der Waals surface area contributed by atoms with Crippen LogP contribution in [0.25, 0.3) is 0 Å². The summed E-state index contributed by atoms with van der Waals surface area (Å²) >= 11 is 4.18. The van der Waals surface area contributed by atoms with Gasteiger partial charge in [0.1, 0.15) is 0 Å². The first-order chi connectivity index (χ1) is 14.3. The van der Waals surface area contributed by atoms with Crippen LogP contribution in [0.15, 0.2) is 0 Å². The number of thioether (sulfide) groups is 2. The summed E-state index contributed by atoms with van der Waals surface area (Å²) in [6.07, 6.45) is 7.56. The third-order valence-electron chi connectivity index (χ3n) is 11.2. The maximum atomic E-state index is 8.20. The van der Waals surface area contributed by atoms with E-state index in [0.717, 1.165) is 0 Å². The smallest absolute Gasteiger partial charge is 0.160 e. The lowest BCUT2D eigenvalue weighted by Gasteiger charge is -2.68. The van der Waals surface area contributed by atoms with E-state index in [1.54, 1.807) is 0 Å². The van der Waals surface area contributed by atoms with E-state index in [9.17, 15) is 0 Å². The van der Waals surface area contributed by atoms with Crippen LogP contribution in [0.5, 0.6) is 0 Å². The average Bonchev–Trinajstić information content (AvgIpc) is 2.91. The third-order valence-corrected chi connectivity index (χ3v) is 89.3. The fourth-order valence-corrected chi connectivity index (χ4v) is 108. The molecule has 0 aliphatic heterocycles. The van der Waals surface area contributed by atoms with E-state index in [-0.39, 0.29) is 0 Å². The van der Waals surface area contributed by atoms with Crippen molar-refractivity contribution in [1.29, 1.82) is 0 Å². The Morgan fingerprint density at radius 1 is 0.667 bits per heavy atom. The van der Waals surface area contributed by atoms with Crippen molar-refractivity contribution in [2.45, 2.75) is 147 Å². The molecule has 0 radical (unpaired) electrons. The number of hydrogen-bond donors (Lipinski definition) is 0. The van der Waals surface area contributed by atoms with Gasteiger partial charge in [-0.2, -0.15) is 0 Å². The summed E-state index contributed by atoms with van der Waals surface area (Å²) in [4.78, 5) is 0. The molecule has 1 nitrogen and oxygen atoms in total. The zero-order valence-electron chi connectivity index (χ0n) is 25.8. The van der Waals surface area contributed by atoms with Gasteiger partial charge in [0.05, 0.1) is 26.9 Å². The number of rotatable bonds is 7. The standard InChI is InChI=1S/C26H60OS2Si4/c1-21-19-22(20-26(21,28-11)29-12)27-33(30(13,14)23(2,3)4,31(15,16)24(5,6)7)32(17,18)25(8,9)10/h21-22H,19-20H2,1-18H3. The van der Waals surface area contributed by atoms with Gasteiger partial charge in [0.25, 0.3) is 0 Å². The molecule has 33 heavy (non-hydrogen) atoms. The molecule has 2 unspecified atom stereocenters. The minimum atomic E-state index is -2.17. The van der Waals surface area contributed by atoms with Crippen molar-refractivity contribution < 1.29 is 4.43 Å². The summed E-state index contributed by atoms with van der Waals surface area (Å²) in [5.74, 6) is 0.706. The SMILES string of the molecule is CSC1(SC)CC(O[Si]([Si](C)(C)C(C)(C)C)([Si](C)(C)C(C)(C)C)[Si](C)(C)C(C)(C)C)CC1C. The summed E-state index contributed by atoms with van der Waals surface area (Å²) in [5, 5.41) is 1.01. The molecule has 1 fully saturated rings. The van der Waals surface area contributed by atoms with Crippen LogP contribution in [0.3, 0.4) is 0 Å². The molecule has 1 rings (SSSR count). The second-order valence-electron chi connectivity index (χ2n) is 15.6.